The molecule has 0 unspecified atom stereocenters. The molecule has 0 N–H and O–H groups in total. The van der Waals surface area contributed by atoms with E-state index in [1.165, 1.54) is 25.7 Å². The van der Waals surface area contributed by atoms with Crippen LogP contribution in [0.1, 0.15) is 61.8 Å². The van der Waals surface area contributed by atoms with Crippen molar-refractivity contribution in [3.8, 4) is 0 Å². The predicted molar refractivity (Wildman–Crippen MR) is 93.7 cm³/mol. The molecule has 0 spiro atoms. The lowest BCUT2D eigenvalue weighted by Crippen LogP contribution is -1.95. The van der Waals surface area contributed by atoms with Gasteiger partial charge in [-0.05, 0) is 83.1 Å². The zero-order valence-electron chi connectivity index (χ0n) is 13.6. The van der Waals surface area contributed by atoms with Gasteiger partial charge in [0.2, 0.25) is 0 Å². The number of hydrogen-bond acceptors (Lipinski definition) is 0. The molecule has 0 saturated carbocycles. The largest absolute Gasteiger partial charge is 0.0658 e. The molecule has 0 aliphatic heterocycles. The highest BCUT2D eigenvalue weighted by molar-refractivity contribution is 5.88. The Balaban J connectivity index is 1.52. The van der Waals surface area contributed by atoms with Crippen molar-refractivity contribution in [3.63, 3.8) is 0 Å². The van der Waals surface area contributed by atoms with Gasteiger partial charge in [0.05, 0.1) is 0 Å². The van der Waals surface area contributed by atoms with Crippen LogP contribution in [0.4, 0.5) is 0 Å². The van der Waals surface area contributed by atoms with Crippen molar-refractivity contribution < 1.29 is 0 Å². The minimum Gasteiger partial charge on any atom is -0.0658 e. The van der Waals surface area contributed by atoms with Crippen LogP contribution in [0.25, 0.3) is 11.1 Å². The van der Waals surface area contributed by atoms with Gasteiger partial charge < -0.3 is 0 Å². The van der Waals surface area contributed by atoms with Gasteiger partial charge in [0, 0.05) is 0 Å². The molecule has 0 aromatic heterocycles. The molecule has 0 atom stereocenters. The summed E-state index contributed by atoms with van der Waals surface area (Å²) in [4.78, 5) is 0. The van der Waals surface area contributed by atoms with E-state index in [-0.39, 0.29) is 0 Å². The fourth-order valence-electron chi connectivity index (χ4n) is 4.71. The first-order chi connectivity index (χ1) is 10.8. The summed E-state index contributed by atoms with van der Waals surface area (Å²) >= 11 is 0. The van der Waals surface area contributed by atoms with Crippen molar-refractivity contribution in [1.29, 1.82) is 0 Å². The minimum absolute atomic E-state index is 1.16. The van der Waals surface area contributed by atoms with E-state index in [1.54, 1.807) is 55.7 Å². The number of benzene rings is 1. The van der Waals surface area contributed by atoms with E-state index in [2.05, 4.69) is 38.1 Å². The van der Waals surface area contributed by atoms with Gasteiger partial charge in [-0.2, -0.15) is 0 Å². The maximum absolute atomic E-state index is 2.53. The molecule has 0 bridgehead atoms. The molecule has 0 heteroatoms. The van der Waals surface area contributed by atoms with E-state index in [1.807, 2.05) is 0 Å². The summed E-state index contributed by atoms with van der Waals surface area (Å²) in [5, 5.41) is 0. The molecule has 0 heterocycles. The molecule has 1 aromatic rings. The van der Waals surface area contributed by atoms with Crippen LogP contribution in [-0.2, 0) is 12.8 Å². The van der Waals surface area contributed by atoms with Gasteiger partial charge in [-0.3, -0.25) is 0 Å². The van der Waals surface area contributed by atoms with Crippen molar-refractivity contribution in [2.24, 2.45) is 0 Å². The van der Waals surface area contributed by atoms with Gasteiger partial charge in [0.1, 0.15) is 0 Å². The predicted octanol–water partition coefficient (Wildman–Crippen LogP) is 5.79. The average molecular weight is 286 g/mol. The summed E-state index contributed by atoms with van der Waals surface area (Å²) in [6.07, 6.45) is 12.1. The van der Waals surface area contributed by atoms with Gasteiger partial charge in [0.25, 0.3) is 0 Å². The smallest absolute Gasteiger partial charge is 0.00165 e. The SMILES string of the molecule is CCC1=CC2=C(C1)c1cc3c(cc1C2)C1=C(C=C(CC)C1)C3. The van der Waals surface area contributed by atoms with E-state index >= 15 is 0 Å². The van der Waals surface area contributed by atoms with Gasteiger partial charge in [-0.15, -0.1) is 0 Å². The quantitative estimate of drug-likeness (QED) is 0.646. The average Bonchev–Trinajstić information content (AvgIpc) is 3.22. The second-order valence-corrected chi connectivity index (χ2v) is 7.19. The normalized spacial score (nSPS) is 21.0. The molecule has 0 radical (unpaired) electrons. The Labute approximate surface area is 132 Å². The lowest BCUT2D eigenvalue weighted by atomic mass is 9.92. The second kappa shape index (κ2) is 4.35. The monoisotopic (exact) mass is 286 g/mol. The fraction of sp³-hybridized carbons (Fsp3) is 0.364. The van der Waals surface area contributed by atoms with Crippen LogP contribution < -0.4 is 0 Å². The molecule has 0 fully saturated rings. The molecule has 0 nitrogen and oxygen atoms in total. The van der Waals surface area contributed by atoms with E-state index in [0.717, 1.165) is 12.8 Å². The number of fused-ring (bicyclic) bond motifs is 4. The molecule has 4 aliphatic rings. The maximum atomic E-state index is 2.53. The van der Waals surface area contributed by atoms with Crippen molar-refractivity contribution in [2.45, 2.75) is 52.4 Å². The van der Waals surface area contributed by atoms with Crippen LogP contribution in [0.2, 0.25) is 0 Å². The molecular formula is C22H22. The Morgan fingerprint density at radius 3 is 1.55 bits per heavy atom. The Morgan fingerprint density at radius 2 is 1.14 bits per heavy atom. The summed E-state index contributed by atoms with van der Waals surface area (Å²) in [6.45, 7) is 4.56. The van der Waals surface area contributed by atoms with Gasteiger partial charge >= 0.3 is 0 Å². The highest BCUT2D eigenvalue weighted by Gasteiger charge is 2.30. The molecule has 4 aliphatic carbocycles. The van der Waals surface area contributed by atoms with E-state index in [0.29, 0.717) is 0 Å². The van der Waals surface area contributed by atoms with E-state index in [9.17, 15) is 0 Å². The summed E-state index contributed by atoms with van der Waals surface area (Å²) in [5.74, 6) is 0. The summed E-state index contributed by atoms with van der Waals surface area (Å²) in [5.41, 5.74) is 16.0. The van der Waals surface area contributed by atoms with Gasteiger partial charge in [0.15, 0.2) is 0 Å². The van der Waals surface area contributed by atoms with E-state index < -0.39 is 0 Å². The number of hydrogen-bond donors (Lipinski definition) is 0. The van der Waals surface area contributed by atoms with Crippen molar-refractivity contribution in [1.82, 2.24) is 0 Å². The van der Waals surface area contributed by atoms with Crippen molar-refractivity contribution in [2.75, 3.05) is 0 Å². The van der Waals surface area contributed by atoms with Crippen molar-refractivity contribution in [3.05, 3.63) is 68.8 Å². The molecular weight excluding hydrogens is 264 g/mol. The topological polar surface area (TPSA) is 0 Å². The Morgan fingerprint density at radius 1 is 0.682 bits per heavy atom. The molecule has 0 saturated heterocycles. The third-order valence-electron chi connectivity index (χ3n) is 5.99. The summed E-state index contributed by atoms with van der Waals surface area (Å²) in [7, 11) is 0. The summed E-state index contributed by atoms with van der Waals surface area (Å²) in [6, 6.07) is 5.05. The zero-order chi connectivity index (χ0) is 14.8. The molecule has 110 valence electrons. The molecule has 0 amide bonds. The van der Waals surface area contributed by atoms with Crippen molar-refractivity contribution >= 4 is 11.1 Å². The minimum atomic E-state index is 1.16. The van der Waals surface area contributed by atoms with Gasteiger partial charge in [-0.1, -0.05) is 49.3 Å². The Kier molecular flexibility index (Phi) is 2.51. The van der Waals surface area contributed by atoms with Gasteiger partial charge in [-0.25, -0.2) is 0 Å². The number of rotatable bonds is 2. The first-order valence-corrected chi connectivity index (χ1v) is 8.76. The van der Waals surface area contributed by atoms with Crippen LogP contribution in [0.15, 0.2) is 46.6 Å². The lowest BCUT2D eigenvalue weighted by molar-refractivity contribution is 1.04. The highest BCUT2D eigenvalue weighted by Crippen LogP contribution is 2.48. The van der Waals surface area contributed by atoms with Crippen LogP contribution in [0, 0.1) is 0 Å². The van der Waals surface area contributed by atoms with Crippen LogP contribution in [0.5, 0.6) is 0 Å². The Hall–Kier alpha value is -1.82. The highest BCUT2D eigenvalue weighted by atomic mass is 14.3. The van der Waals surface area contributed by atoms with E-state index in [4.69, 9.17) is 0 Å². The molecule has 22 heavy (non-hydrogen) atoms. The maximum Gasteiger partial charge on any atom is -0.00165 e. The third-order valence-corrected chi connectivity index (χ3v) is 5.99. The third kappa shape index (κ3) is 1.59. The molecule has 5 rings (SSSR count). The summed E-state index contributed by atoms with van der Waals surface area (Å²) < 4.78 is 0. The Bertz CT molecular complexity index is 765. The fourth-order valence-corrected chi connectivity index (χ4v) is 4.71. The lowest BCUT2D eigenvalue weighted by Gasteiger charge is -2.12. The van der Waals surface area contributed by atoms with Crippen LogP contribution >= 0.6 is 0 Å². The van der Waals surface area contributed by atoms with Crippen LogP contribution in [-0.4, -0.2) is 0 Å². The first kappa shape index (κ1) is 12.7. The number of allylic oxidation sites excluding steroid dienone is 8. The standard InChI is InChI=1S/C22H22/c1-3-13-5-15-9-17-12-22-18(11-21(17)19(15)7-13)10-16-6-14(4-2)8-20(16)22/h5-6,11-12H,3-4,7-10H2,1-2H3. The first-order valence-electron chi connectivity index (χ1n) is 8.76. The molecule has 1 aromatic carbocycles. The second-order valence-electron chi connectivity index (χ2n) is 7.19. The zero-order valence-corrected chi connectivity index (χ0v) is 13.6. The van der Waals surface area contributed by atoms with Crippen LogP contribution in [0.3, 0.4) is 0 Å².